The average molecular weight is 804 g/mol. The second kappa shape index (κ2) is 14.0. The van der Waals surface area contributed by atoms with Gasteiger partial charge in [0.15, 0.2) is 0 Å². The molecule has 13 aromatic rings. The van der Waals surface area contributed by atoms with E-state index >= 15 is 0 Å². The molecule has 5 aromatic heterocycles. The highest BCUT2D eigenvalue weighted by Gasteiger charge is 2.19. The highest BCUT2D eigenvalue weighted by atomic mass is 15.1. The standard InChI is InChI=1S/C58H37N5/c1-2-13-39(14-3-1)50-19-12-20-51(60-50)40-27-25-38(26-28-40)41-33-34-59-58(35-41)63-56-31-29-42(61-52-21-8-4-15-44(52)45-16-5-9-22-53(45)61)36-48(56)49-37-43(30-32-57(49)63)62-54-23-10-6-17-46(54)47-18-7-11-24-55(47)62/h1-37H. The molecular formula is C58H37N5. The summed E-state index contributed by atoms with van der Waals surface area (Å²) in [5.74, 6) is 0.864. The first kappa shape index (κ1) is 35.2. The SMILES string of the molecule is c1ccc(-c2cccc(-c3ccc(-c4ccnc(-n5c6ccc(-n7c8ccccc8c8ccccc87)cc6c6cc(-n7c8ccccc8c8ccccc87)ccc65)c4)cc3)n2)cc1. The predicted octanol–water partition coefficient (Wildman–Crippen LogP) is 14.8. The molecule has 5 heteroatoms. The molecule has 63 heavy (non-hydrogen) atoms. The van der Waals surface area contributed by atoms with Crippen LogP contribution in [0.15, 0.2) is 225 Å². The van der Waals surface area contributed by atoms with E-state index in [0.29, 0.717) is 0 Å². The van der Waals surface area contributed by atoms with Crippen LogP contribution in [0.1, 0.15) is 0 Å². The van der Waals surface area contributed by atoms with Crippen LogP contribution in [0.5, 0.6) is 0 Å². The lowest BCUT2D eigenvalue weighted by molar-refractivity contribution is 1.08. The van der Waals surface area contributed by atoms with E-state index in [1.54, 1.807) is 0 Å². The van der Waals surface area contributed by atoms with E-state index in [-0.39, 0.29) is 0 Å². The number of hydrogen-bond acceptors (Lipinski definition) is 2. The van der Waals surface area contributed by atoms with Crippen molar-refractivity contribution >= 4 is 65.4 Å². The Morgan fingerprint density at radius 2 is 0.698 bits per heavy atom. The highest BCUT2D eigenvalue weighted by molar-refractivity contribution is 6.14. The molecule has 13 rings (SSSR count). The maximum atomic E-state index is 5.06. The Kier molecular flexibility index (Phi) is 7.84. The van der Waals surface area contributed by atoms with Gasteiger partial charge in [0, 0.05) is 61.0 Å². The van der Waals surface area contributed by atoms with Crippen LogP contribution in [-0.2, 0) is 0 Å². The first-order valence-corrected chi connectivity index (χ1v) is 21.4. The topological polar surface area (TPSA) is 40.6 Å². The second-order valence-corrected chi connectivity index (χ2v) is 16.2. The third-order valence-corrected chi connectivity index (χ3v) is 12.7. The number of benzene rings is 8. The van der Waals surface area contributed by atoms with Crippen molar-refractivity contribution in [3.63, 3.8) is 0 Å². The molecule has 8 aromatic carbocycles. The molecule has 5 nitrogen and oxygen atoms in total. The molecule has 294 valence electrons. The van der Waals surface area contributed by atoms with E-state index in [9.17, 15) is 0 Å². The van der Waals surface area contributed by atoms with Crippen molar-refractivity contribution in [2.45, 2.75) is 0 Å². The number of para-hydroxylation sites is 4. The molecule has 0 saturated carbocycles. The van der Waals surface area contributed by atoms with Gasteiger partial charge in [0.25, 0.3) is 0 Å². The first-order valence-electron chi connectivity index (χ1n) is 21.4. The largest absolute Gasteiger partial charge is 0.309 e. The first-order chi connectivity index (χ1) is 31.2. The van der Waals surface area contributed by atoms with Gasteiger partial charge in [0.2, 0.25) is 0 Å². The van der Waals surface area contributed by atoms with Crippen molar-refractivity contribution in [1.29, 1.82) is 0 Å². The zero-order valence-electron chi connectivity index (χ0n) is 34.1. The number of nitrogens with zero attached hydrogens (tertiary/aromatic N) is 5. The lowest BCUT2D eigenvalue weighted by Crippen LogP contribution is -1.99. The fraction of sp³-hybridized carbons (Fsp3) is 0. The molecule has 0 atom stereocenters. The third-order valence-electron chi connectivity index (χ3n) is 12.7. The van der Waals surface area contributed by atoms with Gasteiger partial charge in [-0.25, -0.2) is 9.97 Å². The van der Waals surface area contributed by atoms with Crippen molar-refractivity contribution in [2.24, 2.45) is 0 Å². The highest BCUT2D eigenvalue weighted by Crippen LogP contribution is 2.40. The van der Waals surface area contributed by atoms with Crippen molar-refractivity contribution < 1.29 is 0 Å². The van der Waals surface area contributed by atoms with Crippen LogP contribution in [0.2, 0.25) is 0 Å². The van der Waals surface area contributed by atoms with Gasteiger partial charge in [-0.2, -0.15) is 0 Å². The Morgan fingerprint density at radius 3 is 1.21 bits per heavy atom. The minimum atomic E-state index is 0.864. The van der Waals surface area contributed by atoms with Gasteiger partial charge in [-0.1, -0.05) is 133 Å². The summed E-state index contributed by atoms with van der Waals surface area (Å²) in [6, 6.07) is 78.2. The van der Waals surface area contributed by atoms with Crippen molar-refractivity contribution in [3.05, 3.63) is 225 Å². The minimum absolute atomic E-state index is 0.864. The Bertz CT molecular complexity index is 3630. The minimum Gasteiger partial charge on any atom is -0.309 e. The summed E-state index contributed by atoms with van der Waals surface area (Å²) in [5.41, 5.74) is 15.5. The molecule has 0 aliphatic carbocycles. The summed E-state index contributed by atoms with van der Waals surface area (Å²) in [4.78, 5) is 10.1. The van der Waals surface area contributed by atoms with Crippen LogP contribution >= 0.6 is 0 Å². The van der Waals surface area contributed by atoms with E-state index in [1.807, 2.05) is 12.3 Å². The zero-order chi connectivity index (χ0) is 41.4. The van der Waals surface area contributed by atoms with E-state index in [4.69, 9.17) is 9.97 Å². The van der Waals surface area contributed by atoms with E-state index in [0.717, 1.165) is 72.6 Å². The number of pyridine rings is 2. The molecule has 0 radical (unpaired) electrons. The molecule has 0 spiro atoms. The van der Waals surface area contributed by atoms with Crippen molar-refractivity contribution in [1.82, 2.24) is 23.7 Å². The molecule has 0 amide bonds. The van der Waals surface area contributed by atoms with Gasteiger partial charge in [-0.15, -0.1) is 0 Å². The summed E-state index contributed by atoms with van der Waals surface area (Å²) in [6.07, 6.45) is 1.93. The van der Waals surface area contributed by atoms with Crippen LogP contribution in [0.3, 0.4) is 0 Å². The van der Waals surface area contributed by atoms with Crippen LogP contribution in [0.25, 0.3) is 116 Å². The Morgan fingerprint density at radius 1 is 0.270 bits per heavy atom. The van der Waals surface area contributed by atoms with E-state index < -0.39 is 0 Å². The summed E-state index contributed by atoms with van der Waals surface area (Å²) in [7, 11) is 0. The lowest BCUT2D eigenvalue weighted by Gasteiger charge is -2.11. The smallest absolute Gasteiger partial charge is 0.138 e. The summed E-state index contributed by atoms with van der Waals surface area (Å²) in [6.45, 7) is 0. The van der Waals surface area contributed by atoms with Gasteiger partial charge in [-0.3, -0.25) is 4.57 Å². The summed E-state index contributed by atoms with van der Waals surface area (Å²) in [5, 5.41) is 7.30. The molecule has 0 aliphatic rings. The average Bonchev–Trinajstić information content (AvgIpc) is 4.00. The molecular weight excluding hydrogens is 767 g/mol. The number of rotatable bonds is 6. The van der Waals surface area contributed by atoms with Crippen LogP contribution in [0.4, 0.5) is 0 Å². The quantitative estimate of drug-likeness (QED) is 0.168. The van der Waals surface area contributed by atoms with Crippen LogP contribution < -0.4 is 0 Å². The fourth-order valence-electron chi connectivity index (χ4n) is 9.84. The maximum absolute atomic E-state index is 5.06. The number of aromatic nitrogens is 5. The molecule has 0 bridgehead atoms. The summed E-state index contributed by atoms with van der Waals surface area (Å²) < 4.78 is 7.13. The third kappa shape index (κ3) is 5.57. The Hall–Kier alpha value is -8.54. The normalized spacial score (nSPS) is 11.8. The van der Waals surface area contributed by atoms with Crippen molar-refractivity contribution in [3.8, 4) is 50.8 Å². The number of hydrogen-bond donors (Lipinski definition) is 0. The fourth-order valence-corrected chi connectivity index (χ4v) is 9.84. The van der Waals surface area contributed by atoms with Gasteiger partial charge >= 0.3 is 0 Å². The van der Waals surface area contributed by atoms with Gasteiger partial charge < -0.3 is 9.13 Å². The van der Waals surface area contributed by atoms with E-state index in [2.05, 4.69) is 226 Å². The van der Waals surface area contributed by atoms with Gasteiger partial charge in [0.05, 0.1) is 44.5 Å². The molecule has 0 N–H and O–H groups in total. The molecule has 0 aliphatic heterocycles. The van der Waals surface area contributed by atoms with Crippen LogP contribution in [-0.4, -0.2) is 23.7 Å². The molecule has 0 saturated heterocycles. The lowest BCUT2D eigenvalue weighted by atomic mass is 10.0. The molecule has 0 fully saturated rings. The zero-order valence-corrected chi connectivity index (χ0v) is 34.1. The molecule has 0 unspecified atom stereocenters. The van der Waals surface area contributed by atoms with Gasteiger partial charge in [-0.05, 0) is 96.1 Å². The Labute approximate surface area is 363 Å². The predicted molar refractivity (Wildman–Crippen MR) is 261 cm³/mol. The second-order valence-electron chi connectivity index (χ2n) is 16.2. The maximum Gasteiger partial charge on any atom is 0.138 e. The van der Waals surface area contributed by atoms with Crippen molar-refractivity contribution in [2.75, 3.05) is 0 Å². The van der Waals surface area contributed by atoms with E-state index in [1.165, 1.54) is 43.6 Å². The van der Waals surface area contributed by atoms with Gasteiger partial charge in [0.1, 0.15) is 5.82 Å². The Balaban J connectivity index is 0.985. The summed E-state index contributed by atoms with van der Waals surface area (Å²) >= 11 is 0. The molecule has 5 heterocycles. The monoisotopic (exact) mass is 803 g/mol. The number of fused-ring (bicyclic) bond motifs is 9. The van der Waals surface area contributed by atoms with Crippen LogP contribution in [0, 0.1) is 0 Å².